The van der Waals surface area contributed by atoms with E-state index in [1.54, 1.807) is 22.3 Å². The topological polar surface area (TPSA) is 55.0 Å². The van der Waals surface area contributed by atoms with E-state index in [4.69, 9.17) is 10.00 Å². The van der Waals surface area contributed by atoms with Gasteiger partial charge in [-0.1, -0.05) is 0 Å². The molecule has 1 aromatic heterocycles. The van der Waals surface area contributed by atoms with E-state index in [0.717, 1.165) is 12.1 Å². The molecule has 0 atom stereocenters. The lowest BCUT2D eigenvalue weighted by Gasteiger charge is -2.11. The van der Waals surface area contributed by atoms with Crippen LogP contribution in [0.25, 0.3) is 10.9 Å². The van der Waals surface area contributed by atoms with E-state index < -0.39 is 11.6 Å². The van der Waals surface area contributed by atoms with Crippen LogP contribution in [0.2, 0.25) is 0 Å². The number of nitriles is 1. The van der Waals surface area contributed by atoms with Gasteiger partial charge >= 0.3 is 0 Å². The Morgan fingerprint density at radius 1 is 1.25 bits per heavy atom. The van der Waals surface area contributed by atoms with Crippen molar-refractivity contribution in [3.8, 4) is 17.6 Å². The summed E-state index contributed by atoms with van der Waals surface area (Å²) in [5.41, 5.74) is 0.365. The largest absolute Gasteiger partial charge is 0.453 e. The van der Waals surface area contributed by atoms with Crippen molar-refractivity contribution in [3.63, 3.8) is 0 Å². The molecule has 0 saturated heterocycles. The molecule has 0 N–H and O–H groups in total. The molecule has 8 heteroatoms. The van der Waals surface area contributed by atoms with E-state index in [1.165, 1.54) is 21.3 Å². The lowest BCUT2D eigenvalue weighted by atomic mass is 10.1. The number of aromatic nitrogens is 1. The maximum atomic E-state index is 14.5. The third-order valence-corrected chi connectivity index (χ3v) is 5.12. The van der Waals surface area contributed by atoms with Crippen LogP contribution >= 0.6 is 30.3 Å². The normalized spacial score (nSPS) is 10.6. The highest BCUT2D eigenvalue weighted by atomic mass is 127. The fraction of sp³-hybridized carbons (Fsp3) is 0. The molecule has 120 valence electrons. The Labute approximate surface area is 151 Å². The summed E-state index contributed by atoms with van der Waals surface area (Å²) < 4.78 is 35.0. The number of carbonyl (C=O) groups is 1. The van der Waals surface area contributed by atoms with Gasteiger partial charge in [0.25, 0.3) is 0 Å². The van der Waals surface area contributed by atoms with E-state index in [2.05, 4.69) is 0 Å². The minimum absolute atomic E-state index is 0.0528. The van der Waals surface area contributed by atoms with Crippen LogP contribution in [-0.2, 0) is 0 Å². The fourth-order valence-corrected chi connectivity index (χ4v) is 3.65. The Bertz CT molecular complexity index is 998. The molecule has 0 bridgehead atoms. The minimum Gasteiger partial charge on any atom is -0.453 e. The van der Waals surface area contributed by atoms with Crippen molar-refractivity contribution in [1.29, 1.82) is 5.26 Å². The van der Waals surface area contributed by atoms with Gasteiger partial charge in [-0.15, -0.1) is 0 Å². The van der Waals surface area contributed by atoms with Crippen LogP contribution in [-0.4, -0.2) is 10.3 Å². The number of carbonyl (C=O) groups excluding carboxylic acids is 1. The summed E-state index contributed by atoms with van der Waals surface area (Å²) in [5.74, 6) is -1.62. The Morgan fingerprint density at radius 2 is 2.04 bits per heavy atom. The van der Waals surface area contributed by atoms with Crippen molar-refractivity contribution in [2.75, 3.05) is 0 Å². The molecule has 0 saturated carbocycles. The number of hydrogen-bond acceptors (Lipinski definition) is 4. The van der Waals surface area contributed by atoms with Gasteiger partial charge in [-0.3, -0.25) is 8.77 Å². The van der Waals surface area contributed by atoms with Gasteiger partial charge in [0.2, 0.25) is 0 Å². The molecule has 4 nitrogen and oxygen atoms in total. The van der Waals surface area contributed by atoms with Crippen LogP contribution in [0.4, 0.5) is 8.78 Å². The van der Waals surface area contributed by atoms with E-state index in [9.17, 15) is 13.6 Å². The summed E-state index contributed by atoms with van der Waals surface area (Å²) in [6.07, 6.45) is 2.22. The van der Waals surface area contributed by atoms with Crippen molar-refractivity contribution >= 4 is 47.5 Å². The van der Waals surface area contributed by atoms with Crippen LogP contribution in [0.15, 0.2) is 36.5 Å². The van der Waals surface area contributed by atoms with Crippen molar-refractivity contribution in [1.82, 2.24) is 3.97 Å². The molecule has 0 aliphatic rings. The molecule has 0 amide bonds. The van der Waals surface area contributed by atoms with Crippen LogP contribution in [0.3, 0.4) is 0 Å². The van der Waals surface area contributed by atoms with Crippen molar-refractivity contribution < 1.29 is 18.3 Å². The summed E-state index contributed by atoms with van der Waals surface area (Å²) in [7, 11) is 1.33. The van der Waals surface area contributed by atoms with Gasteiger partial charge in [0.05, 0.1) is 16.6 Å². The van der Waals surface area contributed by atoms with Gasteiger partial charge in [-0.2, -0.15) is 5.26 Å². The van der Waals surface area contributed by atoms with Crippen molar-refractivity contribution in [2.45, 2.75) is 0 Å². The van der Waals surface area contributed by atoms with Gasteiger partial charge in [0.15, 0.2) is 17.9 Å². The molecule has 3 rings (SSSR count). The molecular weight excluding hydrogens is 449 g/mol. The molecule has 3 aromatic rings. The highest BCUT2D eigenvalue weighted by molar-refractivity contribution is 14.2. The second-order valence-electron chi connectivity index (χ2n) is 4.72. The SMILES string of the molecule is N#Cc1cc(Oc2c(F)cc3c(ccn3SI)c2C=O)ccc1F. The molecule has 1 heterocycles. The van der Waals surface area contributed by atoms with Crippen LogP contribution < -0.4 is 4.74 Å². The lowest BCUT2D eigenvalue weighted by molar-refractivity contribution is 0.112. The zero-order chi connectivity index (χ0) is 17.3. The van der Waals surface area contributed by atoms with Crippen LogP contribution in [0, 0.1) is 23.0 Å². The maximum Gasteiger partial charge on any atom is 0.174 e. The van der Waals surface area contributed by atoms with Gasteiger partial charge in [-0.05, 0) is 18.2 Å². The van der Waals surface area contributed by atoms with Gasteiger partial charge in [0.1, 0.15) is 17.6 Å². The number of hydrogen-bond donors (Lipinski definition) is 0. The first kappa shape index (κ1) is 16.7. The molecule has 2 aromatic carbocycles. The van der Waals surface area contributed by atoms with E-state index in [1.807, 2.05) is 21.2 Å². The first-order valence-corrected chi connectivity index (χ1v) is 9.86. The number of nitrogens with zero attached hydrogens (tertiary/aromatic N) is 2. The molecule has 0 radical (unpaired) electrons. The Balaban J connectivity index is 2.14. The van der Waals surface area contributed by atoms with Crippen LogP contribution in [0.1, 0.15) is 15.9 Å². The molecule has 0 aliphatic carbocycles. The zero-order valence-corrected chi connectivity index (χ0v) is 14.8. The van der Waals surface area contributed by atoms with Crippen molar-refractivity contribution in [3.05, 3.63) is 59.3 Å². The second-order valence-corrected chi connectivity index (χ2v) is 6.43. The molecule has 24 heavy (non-hydrogen) atoms. The molecule has 0 spiro atoms. The number of benzene rings is 2. The van der Waals surface area contributed by atoms with Gasteiger partial charge < -0.3 is 4.74 Å². The van der Waals surface area contributed by atoms with E-state index >= 15 is 0 Å². The summed E-state index contributed by atoms with van der Waals surface area (Å²) >= 11 is 2.04. The highest BCUT2D eigenvalue weighted by Crippen LogP contribution is 2.36. The average Bonchev–Trinajstić information content (AvgIpc) is 2.99. The first-order valence-electron chi connectivity index (χ1n) is 6.54. The second kappa shape index (κ2) is 6.78. The number of ether oxygens (including phenoxy) is 1. The molecule has 0 fully saturated rings. The molecular formula is C16H7F2IN2O2S. The fourth-order valence-electron chi connectivity index (χ4n) is 2.28. The summed E-state index contributed by atoms with van der Waals surface area (Å²) in [5, 5.41) is 9.39. The standard InChI is InChI=1S/C16H7F2IN2O2S/c17-13-2-1-10(5-9(13)7-20)23-16-12(8-22)11-3-4-21(24-19)15(11)6-14(16)18/h1-6,8H. The number of rotatable bonds is 4. The number of fused-ring (bicyclic) bond motifs is 1. The quantitative estimate of drug-likeness (QED) is 0.398. The lowest BCUT2D eigenvalue weighted by Crippen LogP contribution is -1.97. The predicted molar refractivity (Wildman–Crippen MR) is 95.5 cm³/mol. The monoisotopic (exact) mass is 456 g/mol. The summed E-state index contributed by atoms with van der Waals surface area (Å²) in [4.78, 5) is 11.5. The first-order chi connectivity index (χ1) is 11.6. The molecule has 0 aliphatic heterocycles. The van der Waals surface area contributed by atoms with Crippen LogP contribution in [0.5, 0.6) is 11.5 Å². The summed E-state index contributed by atoms with van der Waals surface area (Å²) in [6.45, 7) is 0. The third-order valence-electron chi connectivity index (χ3n) is 3.38. The maximum absolute atomic E-state index is 14.5. The van der Waals surface area contributed by atoms with Gasteiger partial charge in [-0.25, -0.2) is 8.78 Å². The third kappa shape index (κ3) is 2.85. The Morgan fingerprint density at radius 3 is 2.71 bits per heavy atom. The highest BCUT2D eigenvalue weighted by Gasteiger charge is 2.18. The van der Waals surface area contributed by atoms with E-state index in [0.29, 0.717) is 17.2 Å². The predicted octanol–water partition coefficient (Wildman–Crippen LogP) is 5.24. The van der Waals surface area contributed by atoms with Crippen molar-refractivity contribution in [2.24, 2.45) is 0 Å². The number of aldehydes is 1. The smallest absolute Gasteiger partial charge is 0.174 e. The molecule has 0 unspecified atom stereocenters. The van der Waals surface area contributed by atoms with E-state index in [-0.39, 0.29) is 22.6 Å². The summed E-state index contributed by atoms with van der Waals surface area (Å²) in [6, 6.07) is 8.09. The Hall–Kier alpha value is -2.12. The number of halogens is 3. The van der Waals surface area contributed by atoms with Gasteiger partial charge in [0, 0.05) is 54.0 Å². The zero-order valence-electron chi connectivity index (χ0n) is 11.8. The Kier molecular flexibility index (Phi) is 4.73. The average molecular weight is 456 g/mol. The minimum atomic E-state index is -0.724.